The fraction of sp³-hybridized carbons (Fsp3) is 0.500. The molecule has 6 heteroatoms. The van der Waals surface area contributed by atoms with E-state index in [4.69, 9.17) is 10.2 Å². The Hall–Kier alpha value is -1.40. The van der Waals surface area contributed by atoms with Crippen LogP contribution in [-0.2, 0) is 7.05 Å². The third-order valence-electron chi connectivity index (χ3n) is 1.76. The Morgan fingerprint density at radius 2 is 2.50 bits per heavy atom. The van der Waals surface area contributed by atoms with Crippen molar-refractivity contribution in [3.63, 3.8) is 0 Å². The minimum Gasteiger partial charge on any atom is -0.394 e. The first kappa shape index (κ1) is 10.7. The summed E-state index contributed by atoms with van der Waals surface area (Å²) in [6, 6.07) is 1.57. The smallest absolute Gasteiger partial charge is 0.269 e. The summed E-state index contributed by atoms with van der Waals surface area (Å²) in [6.45, 7) is -0.341. The number of hydrogen-bond donors (Lipinski definition) is 3. The van der Waals surface area contributed by atoms with Gasteiger partial charge >= 0.3 is 0 Å². The van der Waals surface area contributed by atoms with Crippen molar-refractivity contribution in [2.75, 3.05) is 13.2 Å². The van der Waals surface area contributed by atoms with Gasteiger partial charge in [0, 0.05) is 19.8 Å². The molecule has 1 rings (SSSR count). The third-order valence-corrected chi connectivity index (χ3v) is 1.76. The Balaban J connectivity index is 2.47. The minimum absolute atomic E-state index is 0.0283. The molecule has 0 spiro atoms. The summed E-state index contributed by atoms with van der Waals surface area (Å²) in [7, 11) is 1.65. The molecule has 0 aliphatic heterocycles. The number of carbonyl (C=O) groups excluding carboxylic acids is 1. The van der Waals surface area contributed by atoms with Crippen LogP contribution in [0.5, 0.6) is 0 Å². The zero-order valence-electron chi connectivity index (χ0n) is 7.84. The minimum atomic E-state index is -0.924. The Labute approximate surface area is 81.2 Å². The van der Waals surface area contributed by atoms with E-state index in [0.29, 0.717) is 5.69 Å². The first-order chi connectivity index (χ1) is 6.65. The molecule has 0 aliphatic carbocycles. The van der Waals surface area contributed by atoms with E-state index in [1.807, 2.05) is 0 Å². The maximum atomic E-state index is 11.4. The lowest BCUT2D eigenvalue weighted by Crippen LogP contribution is -2.34. The fourth-order valence-electron chi connectivity index (χ4n) is 0.962. The number of aryl methyl sites for hydroxylation is 1. The molecule has 0 fully saturated rings. The number of hydrogen-bond acceptors (Lipinski definition) is 4. The summed E-state index contributed by atoms with van der Waals surface area (Å²) >= 11 is 0. The van der Waals surface area contributed by atoms with Gasteiger partial charge in [0.15, 0.2) is 0 Å². The van der Waals surface area contributed by atoms with Crippen LogP contribution in [0.25, 0.3) is 0 Å². The molecule has 1 amide bonds. The van der Waals surface area contributed by atoms with Gasteiger partial charge in [0.1, 0.15) is 5.69 Å². The molecular weight excluding hydrogens is 186 g/mol. The monoisotopic (exact) mass is 199 g/mol. The van der Waals surface area contributed by atoms with Gasteiger partial charge in [-0.1, -0.05) is 0 Å². The highest BCUT2D eigenvalue weighted by Gasteiger charge is 2.10. The second-order valence-electron chi connectivity index (χ2n) is 2.89. The number of aliphatic hydroxyl groups is 2. The first-order valence-electron chi connectivity index (χ1n) is 4.20. The van der Waals surface area contributed by atoms with Crippen molar-refractivity contribution >= 4 is 5.91 Å². The summed E-state index contributed by atoms with van der Waals surface area (Å²) in [5.41, 5.74) is 0.412. The van der Waals surface area contributed by atoms with Crippen molar-refractivity contribution in [1.82, 2.24) is 15.1 Å². The third kappa shape index (κ3) is 2.54. The number of nitrogens with zero attached hydrogens (tertiary/aromatic N) is 2. The fourth-order valence-corrected chi connectivity index (χ4v) is 0.962. The van der Waals surface area contributed by atoms with Crippen LogP contribution in [-0.4, -0.2) is 45.2 Å². The van der Waals surface area contributed by atoms with E-state index < -0.39 is 6.10 Å². The van der Waals surface area contributed by atoms with Crippen LogP contribution in [0.4, 0.5) is 0 Å². The lowest BCUT2D eigenvalue weighted by Gasteiger charge is -2.08. The normalized spacial score (nSPS) is 12.5. The van der Waals surface area contributed by atoms with E-state index in [2.05, 4.69) is 10.4 Å². The summed E-state index contributed by atoms with van der Waals surface area (Å²) in [5, 5.41) is 23.8. The molecule has 0 saturated carbocycles. The summed E-state index contributed by atoms with van der Waals surface area (Å²) in [5.74, 6) is -0.322. The molecule has 1 aromatic heterocycles. The zero-order chi connectivity index (χ0) is 10.6. The van der Waals surface area contributed by atoms with Crippen LogP contribution in [0, 0.1) is 0 Å². The highest BCUT2D eigenvalue weighted by molar-refractivity contribution is 5.92. The van der Waals surface area contributed by atoms with Gasteiger partial charge in [-0.05, 0) is 6.07 Å². The molecule has 1 heterocycles. The molecule has 6 nitrogen and oxygen atoms in total. The van der Waals surface area contributed by atoms with Gasteiger partial charge in [0.05, 0.1) is 12.7 Å². The Bertz CT molecular complexity index is 311. The van der Waals surface area contributed by atoms with Crippen molar-refractivity contribution in [2.45, 2.75) is 6.10 Å². The molecule has 0 saturated heterocycles. The maximum Gasteiger partial charge on any atom is 0.269 e. The van der Waals surface area contributed by atoms with E-state index in [1.165, 1.54) is 10.9 Å². The van der Waals surface area contributed by atoms with Gasteiger partial charge in [0.25, 0.3) is 5.91 Å². The quantitative estimate of drug-likeness (QED) is 0.551. The molecule has 0 aliphatic rings. The van der Waals surface area contributed by atoms with Crippen molar-refractivity contribution < 1.29 is 15.0 Å². The van der Waals surface area contributed by atoms with Crippen LogP contribution >= 0.6 is 0 Å². The number of aliphatic hydroxyl groups excluding tert-OH is 2. The second kappa shape index (κ2) is 4.73. The predicted molar refractivity (Wildman–Crippen MR) is 48.6 cm³/mol. The summed E-state index contributed by atoms with van der Waals surface area (Å²) in [6.07, 6.45) is 0.587. The number of nitrogens with one attached hydrogen (secondary N) is 1. The van der Waals surface area contributed by atoms with E-state index in [0.717, 1.165) is 0 Å². The van der Waals surface area contributed by atoms with Crippen molar-refractivity contribution in [3.8, 4) is 0 Å². The molecule has 3 N–H and O–H groups in total. The van der Waals surface area contributed by atoms with E-state index in [-0.39, 0.29) is 19.1 Å². The van der Waals surface area contributed by atoms with Crippen LogP contribution in [0.3, 0.4) is 0 Å². The maximum absolute atomic E-state index is 11.4. The van der Waals surface area contributed by atoms with Gasteiger partial charge in [0.2, 0.25) is 0 Å². The number of carbonyl (C=O) groups is 1. The zero-order valence-corrected chi connectivity index (χ0v) is 7.84. The Kier molecular flexibility index (Phi) is 3.61. The number of aromatic nitrogens is 2. The largest absolute Gasteiger partial charge is 0.394 e. The Morgan fingerprint density at radius 3 is 3.00 bits per heavy atom. The van der Waals surface area contributed by atoms with Crippen LogP contribution in [0.15, 0.2) is 12.3 Å². The van der Waals surface area contributed by atoms with Crippen molar-refractivity contribution in [2.24, 2.45) is 7.05 Å². The van der Waals surface area contributed by atoms with Gasteiger partial charge in [-0.15, -0.1) is 0 Å². The second-order valence-corrected chi connectivity index (χ2v) is 2.89. The molecular formula is C8H13N3O3. The molecule has 0 aromatic carbocycles. The van der Waals surface area contributed by atoms with Crippen LogP contribution < -0.4 is 5.32 Å². The molecule has 1 atom stereocenters. The van der Waals surface area contributed by atoms with Gasteiger partial charge in [-0.25, -0.2) is 0 Å². The van der Waals surface area contributed by atoms with Crippen LogP contribution in [0.2, 0.25) is 0 Å². The molecule has 78 valence electrons. The molecule has 0 radical (unpaired) electrons. The lowest BCUT2D eigenvalue weighted by atomic mass is 10.3. The first-order valence-corrected chi connectivity index (χ1v) is 4.20. The summed E-state index contributed by atoms with van der Waals surface area (Å²) in [4.78, 5) is 11.4. The molecule has 1 unspecified atom stereocenters. The van der Waals surface area contributed by atoms with Crippen LogP contribution in [0.1, 0.15) is 10.5 Å². The van der Waals surface area contributed by atoms with Gasteiger partial charge in [-0.2, -0.15) is 5.10 Å². The Morgan fingerprint density at radius 1 is 1.79 bits per heavy atom. The molecule has 0 bridgehead atoms. The van der Waals surface area contributed by atoms with Crippen molar-refractivity contribution in [1.29, 1.82) is 0 Å². The van der Waals surface area contributed by atoms with Crippen molar-refractivity contribution in [3.05, 3.63) is 18.0 Å². The average molecular weight is 199 g/mol. The predicted octanol–water partition coefficient (Wildman–Crippen LogP) is -1.50. The number of rotatable bonds is 4. The highest BCUT2D eigenvalue weighted by atomic mass is 16.3. The van der Waals surface area contributed by atoms with Gasteiger partial charge < -0.3 is 15.5 Å². The van der Waals surface area contributed by atoms with Gasteiger partial charge in [-0.3, -0.25) is 9.48 Å². The topological polar surface area (TPSA) is 87.4 Å². The van der Waals surface area contributed by atoms with E-state index in [1.54, 1.807) is 13.1 Å². The highest BCUT2D eigenvalue weighted by Crippen LogP contribution is 1.95. The molecule has 14 heavy (non-hydrogen) atoms. The molecule has 1 aromatic rings. The SMILES string of the molecule is Cn1nccc1C(=O)NCC(O)CO. The lowest BCUT2D eigenvalue weighted by molar-refractivity contribution is 0.0796. The van der Waals surface area contributed by atoms with E-state index in [9.17, 15) is 4.79 Å². The summed E-state index contributed by atoms with van der Waals surface area (Å²) < 4.78 is 1.43. The standard InChI is InChI=1S/C8H13N3O3/c1-11-7(2-3-10-11)8(14)9-4-6(13)5-12/h2-3,6,12-13H,4-5H2,1H3,(H,9,14). The average Bonchev–Trinajstić information content (AvgIpc) is 2.60. The number of amides is 1. The van der Waals surface area contributed by atoms with E-state index >= 15 is 0 Å².